The number of fused-ring (bicyclic) bond motifs is 1. The van der Waals surface area contributed by atoms with Crippen molar-refractivity contribution < 1.29 is 4.74 Å². The zero-order chi connectivity index (χ0) is 10.8. The van der Waals surface area contributed by atoms with Gasteiger partial charge >= 0.3 is 0 Å². The molecule has 0 spiro atoms. The van der Waals surface area contributed by atoms with Gasteiger partial charge in [0.15, 0.2) is 4.96 Å². The topological polar surface area (TPSA) is 38.6 Å². The Balaban J connectivity index is 1.59. The monoisotopic (exact) mass is 237 g/mol. The fourth-order valence-electron chi connectivity index (χ4n) is 2.01. The van der Waals surface area contributed by atoms with Crippen LogP contribution in [0.1, 0.15) is 18.5 Å². The van der Waals surface area contributed by atoms with Gasteiger partial charge in [0, 0.05) is 43.6 Å². The van der Waals surface area contributed by atoms with Crippen LogP contribution in [0.15, 0.2) is 17.8 Å². The van der Waals surface area contributed by atoms with Gasteiger partial charge in [0.2, 0.25) is 0 Å². The van der Waals surface area contributed by atoms with Gasteiger partial charge in [-0.15, -0.1) is 11.3 Å². The number of imidazole rings is 1. The number of hydrogen-bond donors (Lipinski definition) is 1. The molecule has 0 atom stereocenters. The lowest BCUT2D eigenvalue weighted by Crippen LogP contribution is -2.34. The van der Waals surface area contributed by atoms with Crippen LogP contribution >= 0.6 is 11.3 Å². The third-order valence-corrected chi connectivity index (χ3v) is 3.71. The Kier molecular flexibility index (Phi) is 2.90. The third kappa shape index (κ3) is 2.11. The summed E-state index contributed by atoms with van der Waals surface area (Å²) in [5.74, 6) is 0. The van der Waals surface area contributed by atoms with E-state index >= 15 is 0 Å². The summed E-state index contributed by atoms with van der Waals surface area (Å²) in [5.41, 5.74) is 1.12. The van der Waals surface area contributed by atoms with Gasteiger partial charge in [-0.3, -0.25) is 4.40 Å². The maximum absolute atomic E-state index is 5.33. The first-order chi connectivity index (χ1) is 7.92. The Hall–Kier alpha value is -0.910. The van der Waals surface area contributed by atoms with E-state index in [-0.39, 0.29) is 0 Å². The van der Waals surface area contributed by atoms with Crippen molar-refractivity contribution in [2.75, 3.05) is 13.2 Å². The Morgan fingerprint density at radius 2 is 2.38 bits per heavy atom. The number of rotatable bonds is 3. The Bertz CT molecular complexity index is 430. The summed E-state index contributed by atoms with van der Waals surface area (Å²) in [4.78, 5) is 5.62. The quantitative estimate of drug-likeness (QED) is 0.882. The smallest absolute Gasteiger partial charge is 0.193 e. The molecule has 0 bridgehead atoms. The minimum absolute atomic E-state index is 0.591. The van der Waals surface area contributed by atoms with Crippen molar-refractivity contribution in [2.24, 2.45) is 0 Å². The lowest BCUT2D eigenvalue weighted by atomic mass is 10.1. The highest BCUT2D eigenvalue weighted by atomic mass is 32.1. The molecule has 0 radical (unpaired) electrons. The minimum Gasteiger partial charge on any atom is -0.381 e. The second-order valence-electron chi connectivity index (χ2n) is 4.09. The lowest BCUT2D eigenvalue weighted by molar-refractivity contribution is 0.0775. The van der Waals surface area contributed by atoms with E-state index in [2.05, 4.69) is 26.3 Å². The molecule has 3 heterocycles. The molecule has 86 valence electrons. The predicted molar refractivity (Wildman–Crippen MR) is 63.7 cm³/mol. The largest absolute Gasteiger partial charge is 0.381 e. The molecule has 1 aliphatic heterocycles. The molecule has 0 saturated carbocycles. The second kappa shape index (κ2) is 4.53. The molecule has 16 heavy (non-hydrogen) atoms. The van der Waals surface area contributed by atoms with Crippen LogP contribution < -0.4 is 5.32 Å². The fourth-order valence-corrected chi connectivity index (χ4v) is 2.73. The van der Waals surface area contributed by atoms with Gasteiger partial charge in [-0.25, -0.2) is 4.98 Å². The summed E-state index contributed by atoms with van der Waals surface area (Å²) in [7, 11) is 0. The van der Waals surface area contributed by atoms with E-state index in [1.165, 1.54) is 0 Å². The molecule has 5 heteroatoms. The van der Waals surface area contributed by atoms with Crippen molar-refractivity contribution in [3.8, 4) is 0 Å². The van der Waals surface area contributed by atoms with Gasteiger partial charge in [-0.1, -0.05) is 0 Å². The number of nitrogens with zero attached hydrogens (tertiary/aromatic N) is 2. The van der Waals surface area contributed by atoms with Crippen LogP contribution in [0.3, 0.4) is 0 Å². The van der Waals surface area contributed by atoms with Crippen LogP contribution in [0.2, 0.25) is 0 Å². The summed E-state index contributed by atoms with van der Waals surface area (Å²) in [6.45, 7) is 2.63. The second-order valence-corrected chi connectivity index (χ2v) is 4.97. The van der Waals surface area contributed by atoms with Gasteiger partial charge in [-0.05, 0) is 12.8 Å². The molecule has 4 nitrogen and oxygen atoms in total. The van der Waals surface area contributed by atoms with Crippen molar-refractivity contribution in [3.63, 3.8) is 0 Å². The molecule has 3 rings (SSSR count). The van der Waals surface area contributed by atoms with E-state index in [1.54, 1.807) is 11.3 Å². The molecule has 0 aromatic carbocycles. The summed E-state index contributed by atoms with van der Waals surface area (Å²) >= 11 is 1.67. The van der Waals surface area contributed by atoms with Crippen LogP contribution in [0, 0.1) is 0 Å². The number of nitrogens with one attached hydrogen (secondary N) is 1. The lowest BCUT2D eigenvalue weighted by Gasteiger charge is -2.22. The highest BCUT2D eigenvalue weighted by Gasteiger charge is 2.13. The van der Waals surface area contributed by atoms with Crippen molar-refractivity contribution in [2.45, 2.75) is 25.4 Å². The van der Waals surface area contributed by atoms with Gasteiger partial charge in [0.05, 0.1) is 5.69 Å². The normalized spacial score (nSPS) is 18.2. The summed E-state index contributed by atoms with van der Waals surface area (Å²) in [6, 6.07) is 0.591. The van der Waals surface area contributed by atoms with Crippen molar-refractivity contribution in [1.29, 1.82) is 0 Å². The van der Waals surface area contributed by atoms with E-state index < -0.39 is 0 Å². The number of thiazole rings is 1. The van der Waals surface area contributed by atoms with Gasteiger partial charge in [0.1, 0.15) is 0 Å². The van der Waals surface area contributed by atoms with Crippen molar-refractivity contribution in [1.82, 2.24) is 14.7 Å². The molecule has 2 aromatic heterocycles. The van der Waals surface area contributed by atoms with Gasteiger partial charge in [-0.2, -0.15) is 0 Å². The van der Waals surface area contributed by atoms with Crippen molar-refractivity contribution >= 4 is 16.3 Å². The summed E-state index contributed by atoms with van der Waals surface area (Å²) in [6.07, 6.45) is 6.37. The van der Waals surface area contributed by atoms with Gasteiger partial charge < -0.3 is 10.1 Å². The molecule has 0 aliphatic carbocycles. The van der Waals surface area contributed by atoms with Crippen LogP contribution in [0.25, 0.3) is 4.96 Å². The molecule has 1 fully saturated rings. The third-order valence-electron chi connectivity index (χ3n) is 2.94. The summed E-state index contributed by atoms with van der Waals surface area (Å²) < 4.78 is 7.40. The zero-order valence-electron chi connectivity index (χ0n) is 9.06. The average molecular weight is 237 g/mol. The van der Waals surface area contributed by atoms with E-state index in [0.717, 1.165) is 43.3 Å². The molecular weight excluding hydrogens is 222 g/mol. The summed E-state index contributed by atoms with van der Waals surface area (Å²) in [5, 5.41) is 5.59. The van der Waals surface area contributed by atoms with Crippen LogP contribution in [0.5, 0.6) is 0 Å². The van der Waals surface area contributed by atoms with Crippen LogP contribution in [-0.2, 0) is 11.3 Å². The highest BCUT2D eigenvalue weighted by Crippen LogP contribution is 2.12. The Morgan fingerprint density at radius 1 is 1.50 bits per heavy atom. The van der Waals surface area contributed by atoms with Crippen LogP contribution in [0.4, 0.5) is 0 Å². The first kappa shape index (κ1) is 10.3. The number of hydrogen-bond acceptors (Lipinski definition) is 4. The first-order valence-corrected chi connectivity index (χ1v) is 6.52. The molecule has 1 aliphatic rings. The predicted octanol–water partition coefficient (Wildman–Crippen LogP) is 1.66. The fraction of sp³-hybridized carbons (Fsp3) is 0.545. The standard InChI is InChI=1S/C11H15N3OS/c1-4-15-5-2-9(1)12-7-10-8-14-3-6-16-11(14)13-10/h3,6,8-9,12H,1-2,4-5,7H2. The Morgan fingerprint density at radius 3 is 3.19 bits per heavy atom. The van der Waals surface area contributed by atoms with E-state index in [0.29, 0.717) is 6.04 Å². The molecule has 2 aromatic rings. The zero-order valence-corrected chi connectivity index (χ0v) is 9.87. The first-order valence-electron chi connectivity index (χ1n) is 5.64. The minimum atomic E-state index is 0.591. The SMILES string of the molecule is c1cn2cc(CNC3CCOCC3)nc2s1. The van der Waals surface area contributed by atoms with Crippen molar-refractivity contribution in [3.05, 3.63) is 23.5 Å². The maximum Gasteiger partial charge on any atom is 0.193 e. The molecule has 1 N–H and O–H groups in total. The van der Waals surface area contributed by atoms with E-state index in [1.807, 2.05) is 6.20 Å². The Labute approximate surface area is 98.3 Å². The molecule has 1 saturated heterocycles. The van der Waals surface area contributed by atoms with Crippen LogP contribution in [-0.4, -0.2) is 28.6 Å². The highest BCUT2D eigenvalue weighted by molar-refractivity contribution is 7.15. The molecule has 0 unspecified atom stereocenters. The van der Waals surface area contributed by atoms with Gasteiger partial charge in [0.25, 0.3) is 0 Å². The van der Waals surface area contributed by atoms with E-state index in [9.17, 15) is 0 Å². The molecule has 0 amide bonds. The molecular formula is C11H15N3OS. The number of aromatic nitrogens is 2. The maximum atomic E-state index is 5.33. The average Bonchev–Trinajstić information content (AvgIpc) is 2.88. The number of ether oxygens (including phenoxy) is 1. The van der Waals surface area contributed by atoms with E-state index in [4.69, 9.17) is 4.74 Å².